The van der Waals surface area contributed by atoms with Crippen LogP contribution >= 0.6 is 0 Å². The molecule has 3 N–H and O–H groups in total. The molecule has 3 rings (SSSR count). The van der Waals surface area contributed by atoms with Crippen molar-refractivity contribution in [3.05, 3.63) is 31.3 Å². The number of ether oxygens (including phenoxy) is 15. The van der Waals surface area contributed by atoms with Crippen LogP contribution in [0, 0.1) is 0 Å². The molecule has 3 heterocycles. The van der Waals surface area contributed by atoms with E-state index in [1.165, 1.54) is 0 Å². The molecule has 0 aromatic heterocycles. The fraction of sp³-hybridized carbons (Fsp3) is 0.595. The normalized spacial score (nSPS) is 26.7. The van der Waals surface area contributed by atoms with Crippen LogP contribution in [0.2, 0.25) is 0 Å². The Labute approximate surface area is 439 Å². The molecular weight excluding hydrogens is 1090 g/mol. The highest BCUT2D eigenvalue weighted by atomic mass is 16.7. The summed E-state index contributed by atoms with van der Waals surface area (Å²) < 4.78 is 72.8. The molecule has 3 amide bonds. The highest BCUT2D eigenvalue weighted by molar-refractivity contribution is 5.79. The molecule has 3 aliphatic rings. The molecule has 0 spiro atoms. The number of hydrogen-bond acceptors (Lipinski definition) is 33. The molecule has 3 aliphatic heterocycles. The summed E-state index contributed by atoms with van der Waals surface area (Å²) in [6.07, 6.45) is -16.0. The van der Waals surface area contributed by atoms with Gasteiger partial charge in [0.2, 0.25) is 36.6 Å². The second-order valence-electron chi connectivity index (χ2n) is 13.7. The maximum Gasteiger partial charge on any atom is 0.295 e. The van der Waals surface area contributed by atoms with Gasteiger partial charge in [-0.3, -0.25) is 71.9 Å². The van der Waals surface area contributed by atoms with E-state index >= 15 is 0 Å². The van der Waals surface area contributed by atoms with Crippen LogP contribution in [-0.2, 0) is 143 Å². The number of azide groups is 3. The molecule has 42 nitrogen and oxygen atoms in total. The van der Waals surface area contributed by atoms with Crippen LogP contribution in [0.15, 0.2) is 15.3 Å². The Kier molecular flexibility index (Phi) is 35.9. The average molecular weight is 1140 g/mol. The molecule has 434 valence electrons. The van der Waals surface area contributed by atoms with Crippen LogP contribution in [0.25, 0.3) is 31.3 Å². The van der Waals surface area contributed by atoms with Gasteiger partial charge in [-0.1, -0.05) is 22.8 Å². The number of rotatable bonds is 36. The molecule has 0 radical (unpaired) electrons. The van der Waals surface area contributed by atoms with E-state index < -0.39 is 149 Å². The van der Waals surface area contributed by atoms with Gasteiger partial charge < -0.3 is 87.0 Å². The van der Waals surface area contributed by atoms with E-state index in [0.717, 1.165) is 0 Å². The lowest BCUT2D eigenvalue weighted by molar-refractivity contribution is -0.263. The van der Waals surface area contributed by atoms with E-state index in [1.807, 2.05) is 0 Å². The van der Waals surface area contributed by atoms with Gasteiger partial charge in [0.05, 0.1) is 0 Å². The SMILES string of the molecule is C.[N-]=[N+]=NCC(=O)NC1C(OC=O)OC(COC=O)[C@@H](OC=O)[C@@H]1OC=O.[N-]=[N+]=NCC(=O)NC1C(OC=O)OC(COC=O)[C@@H](OC=O)[C@@H]1OC=O.[N-]=[N+]=NCC(=O)NC1C(OC=O)OC(COC=O)[C@H](OC=O)[C@@H]1OC=O. The highest BCUT2D eigenvalue weighted by Crippen LogP contribution is 2.29. The van der Waals surface area contributed by atoms with Crippen LogP contribution in [0.4, 0.5) is 0 Å². The lowest BCUT2D eigenvalue weighted by Gasteiger charge is -2.43. The summed E-state index contributed by atoms with van der Waals surface area (Å²) >= 11 is 0. The highest BCUT2D eigenvalue weighted by Gasteiger charge is 2.53. The lowest BCUT2D eigenvalue weighted by Crippen LogP contribution is -2.66. The van der Waals surface area contributed by atoms with Crippen molar-refractivity contribution in [2.24, 2.45) is 15.3 Å². The van der Waals surface area contributed by atoms with Crippen molar-refractivity contribution in [2.75, 3.05) is 39.5 Å². The molecule has 0 bridgehead atoms. The molecule has 0 saturated carbocycles. The number of nitrogens with one attached hydrogen (secondary N) is 3. The lowest BCUT2D eigenvalue weighted by atomic mass is 9.96. The van der Waals surface area contributed by atoms with E-state index in [2.05, 4.69) is 60.2 Å². The summed E-state index contributed by atoms with van der Waals surface area (Å²) in [6, 6.07) is -3.95. The van der Waals surface area contributed by atoms with E-state index in [-0.39, 0.29) is 85.1 Å². The van der Waals surface area contributed by atoms with Gasteiger partial charge in [0, 0.05) is 14.7 Å². The quantitative estimate of drug-likeness (QED) is 0.0173. The third-order valence-electron chi connectivity index (χ3n) is 9.59. The van der Waals surface area contributed by atoms with Gasteiger partial charge in [-0.05, 0) is 16.6 Å². The second-order valence-corrected chi connectivity index (χ2v) is 13.7. The second kappa shape index (κ2) is 41.1. The first kappa shape index (κ1) is 68.9. The van der Waals surface area contributed by atoms with Crippen molar-refractivity contribution in [3.8, 4) is 0 Å². The summed E-state index contributed by atoms with van der Waals surface area (Å²) in [5, 5.41) is 16.0. The fourth-order valence-electron chi connectivity index (χ4n) is 6.83. The number of hydrogen-bond donors (Lipinski definition) is 3. The summed E-state index contributed by atoms with van der Waals surface area (Å²) in [4.78, 5) is 171. The Morgan fingerprint density at radius 3 is 0.772 bits per heavy atom. The molecule has 3 fully saturated rings. The zero-order chi connectivity index (χ0) is 58.1. The van der Waals surface area contributed by atoms with Gasteiger partial charge in [-0.25, -0.2) is 0 Å². The molecule has 0 aromatic rings. The van der Waals surface area contributed by atoms with Crippen molar-refractivity contribution in [2.45, 2.75) is 99.4 Å². The third-order valence-corrected chi connectivity index (χ3v) is 9.59. The molecule has 42 heteroatoms. The maximum atomic E-state index is 11.8. The Bertz CT molecular complexity index is 1930. The fourth-order valence-corrected chi connectivity index (χ4v) is 6.83. The molecule has 79 heavy (non-hydrogen) atoms. The number of carbonyl (C=O) groups excluding carboxylic acids is 15. The van der Waals surface area contributed by atoms with Crippen molar-refractivity contribution in [1.82, 2.24) is 16.0 Å². The summed E-state index contributed by atoms with van der Waals surface area (Å²) in [6.45, 7) is -2.66. The molecule has 0 aliphatic carbocycles. The molecule has 9 unspecified atom stereocenters. The van der Waals surface area contributed by atoms with Crippen LogP contribution in [0.3, 0.4) is 0 Å². The number of nitrogens with zero attached hydrogens (tertiary/aromatic N) is 9. The molecular formula is C37H46N12O30. The van der Waals surface area contributed by atoms with Crippen LogP contribution in [0.5, 0.6) is 0 Å². The summed E-state index contributed by atoms with van der Waals surface area (Å²) in [5.41, 5.74) is 24.7. The molecule has 3 saturated heterocycles. The van der Waals surface area contributed by atoms with E-state index in [0.29, 0.717) is 0 Å². The zero-order valence-electron chi connectivity index (χ0n) is 39.1. The smallest absolute Gasteiger partial charge is 0.295 e. The molecule has 0 aromatic carbocycles. The van der Waals surface area contributed by atoms with Gasteiger partial charge in [-0.2, -0.15) is 0 Å². The minimum Gasteiger partial charge on any atom is -0.465 e. The molecule has 15 atom stereocenters. The van der Waals surface area contributed by atoms with Gasteiger partial charge in [-0.15, -0.1) is 0 Å². The Morgan fingerprint density at radius 1 is 0.367 bits per heavy atom. The monoisotopic (exact) mass is 1140 g/mol. The minimum atomic E-state index is -1.49. The maximum absolute atomic E-state index is 11.8. The van der Waals surface area contributed by atoms with Gasteiger partial charge in [0.1, 0.15) is 75.9 Å². The first-order chi connectivity index (χ1) is 37.9. The first-order valence-corrected chi connectivity index (χ1v) is 20.7. The predicted octanol–water partition coefficient (Wildman–Crippen LogP) is -5.56. The van der Waals surface area contributed by atoms with E-state index in [4.69, 9.17) is 73.4 Å². The Hall–Kier alpha value is -10.1. The summed E-state index contributed by atoms with van der Waals surface area (Å²) in [7, 11) is 0. The average Bonchev–Trinajstić information content (AvgIpc) is 3.42. The summed E-state index contributed by atoms with van der Waals surface area (Å²) in [5.74, 6) is -2.45. The van der Waals surface area contributed by atoms with Gasteiger partial charge in [0.15, 0.2) is 36.6 Å². The van der Waals surface area contributed by atoms with Crippen molar-refractivity contribution in [1.29, 1.82) is 0 Å². The van der Waals surface area contributed by atoms with Gasteiger partial charge in [0.25, 0.3) is 77.7 Å². The van der Waals surface area contributed by atoms with Crippen LogP contribution in [0.1, 0.15) is 7.43 Å². The van der Waals surface area contributed by atoms with Crippen molar-refractivity contribution < 1.29 is 143 Å². The van der Waals surface area contributed by atoms with Crippen molar-refractivity contribution >= 4 is 95.4 Å². The standard InChI is InChI=1S/3C12H14N4O10.CH4/c3*13-16-14-1-8(21)15-9-11(24-5-19)10(23-4-18)7(2-22-3-17)26-12(9)25-6-20;/h3*3-7,9-12H,1-2H2,(H,15,21);1H4/t7?,9?,10-,11+,12?;2*7?,9?,10-,11-,12?;/m011./s1. The Morgan fingerprint density at radius 2 is 0.582 bits per heavy atom. The van der Waals surface area contributed by atoms with E-state index in [9.17, 15) is 71.9 Å². The third kappa shape index (κ3) is 23.1. The van der Waals surface area contributed by atoms with Crippen molar-refractivity contribution in [3.63, 3.8) is 0 Å². The van der Waals surface area contributed by atoms with Crippen LogP contribution in [-0.4, -0.2) is 227 Å². The van der Waals surface area contributed by atoms with Crippen LogP contribution < -0.4 is 16.0 Å². The number of carbonyl (C=O) groups is 15. The van der Waals surface area contributed by atoms with E-state index in [1.54, 1.807) is 0 Å². The minimum absolute atomic E-state index is 0. The zero-order valence-corrected chi connectivity index (χ0v) is 39.1. The van der Waals surface area contributed by atoms with Gasteiger partial charge >= 0.3 is 0 Å². The first-order valence-electron chi connectivity index (χ1n) is 20.7. The predicted molar refractivity (Wildman–Crippen MR) is 234 cm³/mol. The number of amides is 3. The largest absolute Gasteiger partial charge is 0.465 e. The topological polar surface area (TPSA) is 577 Å². The Balaban J connectivity index is 0.00000115.